The van der Waals surface area contributed by atoms with E-state index in [9.17, 15) is 34.6 Å². The van der Waals surface area contributed by atoms with E-state index < -0.39 is 27.7 Å². The van der Waals surface area contributed by atoms with Crippen LogP contribution in [0.5, 0.6) is 5.75 Å². The number of benzene rings is 3. The van der Waals surface area contributed by atoms with Gasteiger partial charge in [0.1, 0.15) is 17.9 Å². The van der Waals surface area contributed by atoms with Gasteiger partial charge < -0.3 is 4.74 Å². The van der Waals surface area contributed by atoms with E-state index in [0.29, 0.717) is 26.2 Å². The predicted molar refractivity (Wildman–Crippen MR) is 134 cm³/mol. The number of hydrogen-bond donors (Lipinski definition) is 1. The molecule has 1 N–H and O–H groups in total. The molecule has 1 aliphatic rings. The van der Waals surface area contributed by atoms with Gasteiger partial charge in [-0.1, -0.05) is 6.07 Å². The average Bonchev–Trinajstić information content (AvgIpc) is 2.86. The molecule has 0 atom stereocenters. The van der Waals surface area contributed by atoms with Crippen LogP contribution in [0.2, 0.25) is 0 Å². The predicted octanol–water partition coefficient (Wildman–Crippen LogP) is 4.51. The topological polar surface area (TPSA) is 162 Å². The monoisotopic (exact) mass is 566 g/mol. The Labute approximate surface area is 216 Å². The van der Waals surface area contributed by atoms with Crippen LogP contribution in [-0.2, 0) is 16.2 Å². The van der Waals surface area contributed by atoms with Crippen molar-refractivity contribution in [1.29, 1.82) is 0 Å². The third-order valence-electron chi connectivity index (χ3n) is 5.23. The van der Waals surface area contributed by atoms with Gasteiger partial charge in [0.15, 0.2) is 0 Å². The summed E-state index contributed by atoms with van der Waals surface area (Å²) in [4.78, 5) is 59.0. The standard InChI is InChI=1S/C24H15BrN4O8/c25-20-12-15(3-10-21(20)37-13-14-1-4-17(5-2-14)28(33)34)11-19-22(30)26-24(32)27(23(19)31)16-6-8-18(9-7-16)29(35)36/h1-12H,13H2,(H,26,30,32)/b19-11+. The second-order valence-electron chi connectivity index (χ2n) is 7.63. The van der Waals surface area contributed by atoms with E-state index in [0.717, 1.165) is 12.1 Å². The molecule has 0 saturated carbocycles. The summed E-state index contributed by atoms with van der Waals surface area (Å²) in [5.74, 6) is -1.33. The van der Waals surface area contributed by atoms with Crippen molar-refractivity contribution in [2.45, 2.75) is 6.61 Å². The van der Waals surface area contributed by atoms with Gasteiger partial charge in [0.25, 0.3) is 23.2 Å². The van der Waals surface area contributed by atoms with Crippen molar-refractivity contribution >= 4 is 56.9 Å². The van der Waals surface area contributed by atoms with E-state index in [1.165, 1.54) is 30.3 Å². The molecule has 0 aliphatic carbocycles. The van der Waals surface area contributed by atoms with Gasteiger partial charge in [0.2, 0.25) is 0 Å². The van der Waals surface area contributed by atoms with Gasteiger partial charge in [-0.25, -0.2) is 9.69 Å². The number of nitrogens with zero attached hydrogens (tertiary/aromatic N) is 3. The van der Waals surface area contributed by atoms with Crippen LogP contribution >= 0.6 is 15.9 Å². The zero-order valence-electron chi connectivity index (χ0n) is 18.6. The van der Waals surface area contributed by atoms with Gasteiger partial charge in [-0.15, -0.1) is 0 Å². The van der Waals surface area contributed by atoms with E-state index >= 15 is 0 Å². The summed E-state index contributed by atoms with van der Waals surface area (Å²) in [6.07, 6.45) is 1.30. The lowest BCUT2D eigenvalue weighted by Gasteiger charge is -2.26. The van der Waals surface area contributed by atoms with Crippen LogP contribution in [0.4, 0.5) is 21.9 Å². The maximum absolute atomic E-state index is 13.0. The van der Waals surface area contributed by atoms with E-state index in [1.54, 1.807) is 30.3 Å². The Morgan fingerprint density at radius 3 is 2.05 bits per heavy atom. The molecule has 0 radical (unpaired) electrons. The van der Waals surface area contributed by atoms with Crippen molar-refractivity contribution in [3.05, 3.63) is 108 Å². The van der Waals surface area contributed by atoms with Crippen LogP contribution in [0.1, 0.15) is 11.1 Å². The first kappa shape index (κ1) is 25.2. The molecule has 4 amide bonds. The second-order valence-corrected chi connectivity index (χ2v) is 8.49. The number of halogens is 1. The molecule has 13 heteroatoms. The zero-order valence-corrected chi connectivity index (χ0v) is 20.2. The first-order valence-electron chi connectivity index (χ1n) is 10.5. The van der Waals surface area contributed by atoms with Crippen LogP contribution in [0.25, 0.3) is 6.08 Å². The van der Waals surface area contributed by atoms with Crippen LogP contribution < -0.4 is 15.0 Å². The van der Waals surface area contributed by atoms with Crippen molar-refractivity contribution in [3.63, 3.8) is 0 Å². The summed E-state index contributed by atoms with van der Waals surface area (Å²) in [7, 11) is 0. The van der Waals surface area contributed by atoms with E-state index in [1.807, 2.05) is 0 Å². The van der Waals surface area contributed by atoms with Gasteiger partial charge in [0, 0.05) is 24.3 Å². The highest BCUT2D eigenvalue weighted by molar-refractivity contribution is 9.10. The Bertz CT molecular complexity index is 1470. The summed E-state index contributed by atoms with van der Waals surface area (Å²) in [6.45, 7) is 0.143. The number of hydrogen-bond acceptors (Lipinski definition) is 8. The Hall–Kier alpha value is -4.91. The van der Waals surface area contributed by atoms with Crippen LogP contribution in [0.3, 0.4) is 0 Å². The van der Waals surface area contributed by atoms with Gasteiger partial charge in [0.05, 0.1) is 20.0 Å². The molecule has 3 aromatic rings. The minimum Gasteiger partial charge on any atom is -0.488 e. The Balaban J connectivity index is 1.52. The van der Waals surface area contributed by atoms with Gasteiger partial charge in [-0.2, -0.15) is 0 Å². The number of nitrogens with one attached hydrogen (secondary N) is 1. The van der Waals surface area contributed by atoms with Crippen molar-refractivity contribution in [3.8, 4) is 5.75 Å². The fourth-order valence-electron chi connectivity index (χ4n) is 3.38. The number of imide groups is 2. The van der Waals surface area contributed by atoms with E-state index in [2.05, 4.69) is 21.2 Å². The van der Waals surface area contributed by atoms with E-state index in [4.69, 9.17) is 4.74 Å². The number of rotatable bonds is 7. The second kappa shape index (κ2) is 10.4. The lowest BCUT2D eigenvalue weighted by Crippen LogP contribution is -2.54. The maximum Gasteiger partial charge on any atom is 0.335 e. The van der Waals surface area contributed by atoms with Crippen LogP contribution in [0, 0.1) is 20.2 Å². The fraction of sp³-hybridized carbons (Fsp3) is 0.0417. The molecule has 1 saturated heterocycles. The van der Waals surface area contributed by atoms with Gasteiger partial charge in [-0.3, -0.25) is 35.1 Å². The lowest BCUT2D eigenvalue weighted by molar-refractivity contribution is -0.385. The van der Waals surface area contributed by atoms with Crippen molar-refractivity contribution < 1.29 is 29.0 Å². The normalized spacial score (nSPS) is 14.5. The summed E-state index contributed by atoms with van der Waals surface area (Å²) in [5.41, 5.74) is 0.654. The van der Waals surface area contributed by atoms with Crippen LogP contribution in [0.15, 0.2) is 76.8 Å². The first-order chi connectivity index (χ1) is 17.6. The average molecular weight is 567 g/mol. The summed E-state index contributed by atoms with van der Waals surface area (Å²) >= 11 is 3.37. The molecule has 0 unspecified atom stereocenters. The smallest absolute Gasteiger partial charge is 0.335 e. The van der Waals surface area contributed by atoms with Crippen molar-refractivity contribution in [2.24, 2.45) is 0 Å². The number of nitro groups is 2. The first-order valence-corrected chi connectivity index (χ1v) is 11.2. The molecule has 1 aliphatic heterocycles. The fourth-order valence-corrected chi connectivity index (χ4v) is 3.89. The summed E-state index contributed by atoms with van der Waals surface area (Å²) in [5, 5.41) is 23.7. The molecular formula is C24H15BrN4O8. The minimum atomic E-state index is -0.975. The molecule has 1 heterocycles. The highest BCUT2D eigenvalue weighted by Crippen LogP contribution is 2.29. The number of nitro benzene ring substituents is 2. The number of urea groups is 1. The molecule has 1 fully saturated rings. The summed E-state index contributed by atoms with van der Waals surface area (Å²) in [6, 6.07) is 14.5. The van der Waals surface area contributed by atoms with Gasteiger partial charge in [-0.05, 0) is 69.5 Å². The highest BCUT2D eigenvalue weighted by Gasteiger charge is 2.37. The van der Waals surface area contributed by atoms with Crippen LogP contribution in [-0.4, -0.2) is 27.7 Å². The zero-order chi connectivity index (χ0) is 26.7. The Kier molecular flexibility index (Phi) is 7.06. The van der Waals surface area contributed by atoms with Crippen molar-refractivity contribution in [1.82, 2.24) is 5.32 Å². The largest absolute Gasteiger partial charge is 0.488 e. The Morgan fingerprint density at radius 2 is 1.49 bits per heavy atom. The lowest BCUT2D eigenvalue weighted by atomic mass is 10.1. The molecule has 186 valence electrons. The number of ether oxygens (including phenoxy) is 1. The Morgan fingerprint density at radius 1 is 0.892 bits per heavy atom. The van der Waals surface area contributed by atoms with Gasteiger partial charge >= 0.3 is 6.03 Å². The third kappa shape index (κ3) is 5.51. The molecule has 37 heavy (non-hydrogen) atoms. The summed E-state index contributed by atoms with van der Waals surface area (Å²) < 4.78 is 6.25. The van der Waals surface area contributed by atoms with E-state index in [-0.39, 0.29) is 29.2 Å². The minimum absolute atomic E-state index is 0.0301. The number of carbonyl (C=O) groups is 3. The molecule has 12 nitrogen and oxygen atoms in total. The molecule has 3 aromatic carbocycles. The van der Waals surface area contributed by atoms with Crippen molar-refractivity contribution in [2.75, 3.05) is 4.90 Å². The molecule has 4 rings (SSSR count). The maximum atomic E-state index is 13.0. The SMILES string of the molecule is O=C1NC(=O)N(c2ccc([N+](=O)[O-])cc2)C(=O)/C1=C/c1ccc(OCc2ccc([N+](=O)[O-])cc2)c(Br)c1. The molecule has 0 spiro atoms. The quantitative estimate of drug-likeness (QED) is 0.189. The number of barbiturate groups is 1. The molecule has 0 bridgehead atoms. The third-order valence-corrected chi connectivity index (χ3v) is 5.85. The molecular weight excluding hydrogens is 552 g/mol. The number of carbonyl (C=O) groups excluding carboxylic acids is 3. The highest BCUT2D eigenvalue weighted by atomic mass is 79.9. The number of amides is 4. The number of non-ortho nitro benzene ring substituents is 2. The molecule has 0 aromatic heterocycles. The number of anilines is 1.